The van der Waals surface area contributed by atoms with Gasteiger partial charge in [0.1, 0.15) is 0 Å². The molecule has 7 aliphatic carbocycles. The number of hydrogen-bond donors (Lipinski definition) is 0. The summed E-state index contributed by atoms with van der Waals surface area (Å²) >= 11 is 0. The summed E-state index contributed by atoms with van der Waals surface area (Å²) in [5, 5.41) is 1.31. The van der Waals surface area contributed by atoms with Gasteiger partial charge >= 0.3 is 0 Å². The number of hydrogen-bond acceptors (Lipinski definition) is 1. The average Bonchev–Trinajstić information content (AvgIpc) is 3.95. The molecular weight excluding hydrogens is 869 g/mol. The van der Waals surface area contributed by atoms with Gasteiger partial charge in [-0.3, -0.25) is 0 Å². The second kappa shape index (κ2) is 15.4. The smallest absolute Gasteiger partial charge is 0.0725 e. The predicted octanol–water partition coefficient (Wildman–Crippen LogP) is 17.1. The summed E-state index contributed by atoms with van der Waals surface area (Å²) in [6.07, 6.45) is 26.6. The molecule has 2 nitrogen and oxygen atoms in total. The summed E-state index contributed by atoms with van der Waals surface area (Å²) < 4.78 is 2.60. The molecule has 1 heterocycles. The van der Waals surface area contributed by atoms with Crippen molar-refractivity contribution in [2.75, 3.05) is 4.90 Å². The highest BCUT2D eigenvalue weighted by Gasteiger charge is 2.52. The zero-order valence-electron chi connectivity index (χ0n) is 42.4. The fourth-order valence-electron chi connectivity index (χ4n) is 15.0. The Balaban J connectivity index is 0.980. The molecule has 2 unspecified atom stereocenters. The van der Waals surface area contributed by atoms with Crippen LogP contribution in [0.4, 0.5) is 5.69 Å². The Hall–Kier alpha value is -7.68. The van der Waals surface area contributed by atoms with Crippen LogP contribution in [0.15, 0.2) is 217 Å². The van der Waals surface area contributed by atoms with Crippen molar-refractivity contribution >= 4 is 39.4 Å². The highest BCUT2D eigenvalue weighted by atomic mass is 15.2. The van der Waals surface area contributed by atoms with E-state index in [-0.39, 0.29) is 16.9 Å². The second-order valence-corrected chi connectivity index (χ2v) is 22.4. The van der Waals surface area contributed by atoms with Crippen molar-refractivity contribution in [3.63, 3.8) is 0 Å². The Morgan fingerprint density at radius 1 is 0.653 bits per heavy atom. The number of anilines is 1. The van der Waals surface area contributed by atoms with Gasteiger partial charge in [0, 0.05) is 57.4 Å². The first-order chi connectivity index (χ1) is 35.0. The van der Waals surface area contributed by atoms with Crippen LogP contribution < -0.4 is 4.90 Å². The Labute approximate surface area is 425 Å². The molecule has 72 heavy (non-hydrogen) atoms. The first-order valence-electron chi connectivity index (χ1n) is 26.3. The molecule has 0 bridgehead atoms. The third-order valence-corrected chi connectivity index (χ3v) is 17.8. The van der Waals surface area contributed by atoms with E-state index in [2.05, 4.69) is 252 Å². The van der Waals surface area contributed by atoms with E-state index in [9.17, 15) is 0 Å². The standard InChI is InChI=1S/C70H60N2/c1-8-48-53-36-32-46(39-63(53)69(6,7)67(48)43(2)3)71(45-31-35-54-49-24-15-18-27-58(49)68(4,5)59(54)38-34-45)47-33-37-55-57-41-64-56(42-66(57)72(65(55)40-47)44-21-11-9-12-22-44)52-26-17-20-30-62(52)70(64)60-28-14-10-13-23-50(60)51-25-16-19-29-61(51)70/h8-9,11-33,35-39,41-43,47H,1,10,34,40H2,2-7H3. The Morgan fingerprint density at radius 2 is 1.36 bits per heavy atom. The second-order valence-electron chi connectivity index (χ2n) is 22.4. The van der Waals surface area contributed by atoms with Crippen LogP contribution in [0.3, 0.4) is 0 Å². The molecule has 0 saturated carbocycles. The van der Waals surface area contributed by atoms with E-state index >= 15 is 0 Å². The third-order valence-electron chi connectivity index (χ3n) is 17.8. The molecule has 7 aliphatic rings. The lowest BCUT2D eigenvalue weighted by Gasteiger charge is -2.37. The van der Waals surface area contributed by atoms with Crippen LogP contribution in [0.1, 0.15) is 110 Å². The highest BCUT2D eigenvalue weighted by molar-refractivity contribution is 6.04. The SMILES string of the molecule is C=CC1=C(C(C)C)C(C)(C)c2cc(N(C3=CC=C4C(=CC3)C(C)(C)c3ccccc34)C3C=Cc4c(n(-c5ccccc5)c5cc6c(cc45)C4(C5=C(C=CCC=C5)c5ccccc54)c4ccccc4-6)C3)ccc21. The summed E-state index contributed by atoms with van der Waals surface area (Å²) in [5.41, 5.74) is 28.9. The van der Waals surface area contributed by atoms with E-state index in [4.69, 9.17) is 0 Å². The van der Waals surface area contributed by atoms with Crippen molar-refractivity contribution in [1.82, 2.24) is 4.57 Å². The van der Waals surface area contributed by atoms with E-state index in [0.29, 0.717) is 5.92 Å². The van der Waals surface area contributed by atoms with Crippen molar-refractivity contribution in [1.29, 1.82) is 0 Å². The van der Waals surface area contributed by atoms with Crippen LogP contribution in [0.25, 0.3) is 50.5 Å². The predicted molar refractivity (Wildman–Crippen MR) is 304 cm³/mol. The molecule has 0 aliphatic heterocycles. The average molecular weight is 929 g/mol. The minimum Gasteiger partial charge on any atom is -0.337 e. The summed E-state index contributed by atoms with van der Waals surface area (Å²) in [6.45, 7) is 18.7. The lowest BCUT2D eigenvalue weighted by Crippen LogP contribution is -2.37. The molecule has 7 aromatic rings. The number of allylic oxidation sites excluding steroid dienone is 14. The van der Waals surface area contributed by atoms with Crippen molar-refractivity contribution < 1.29 is 0 Å². The topological polar surface area (TPSA) is 8.17 Å². The molecule has 2 heteroatoms. The van der Waals surface area contributed by atoms with Crippen LogP contribution in [-0.4, -0.2) is 10.6 Å². The zero-order chi connectivity index (χ0) is 48.8. The van der Waals surface area contributed by atoms with Crippen molar-refractivity contribution in [3.8, 4) is 16.8 Å². The van der Waals surface area contributed by atoms with Crippen molar-refractivity contribution in [3.05, 3.63) is 273 Å². The lowest BCUT2D eigenvalue weighted by molar-refractivity contribution is 0.555. The number of aromatic nitrogens is 1. The molecule has 0 N–H and O–H groups in total. The van der Waals surface area contributed by atoms with Crippen molar-refractivity contribution in [2.45, 2.75) is 83.1 Å². The molecule has 0 saturated heterocycles. The van der Waals surface area contributed by atoms with Crippen LogP contribution in [0.5, 0.6) is 0 Å². The fourth-order valence-corrected chi connectivity index (χ4v) is 15.0. The molecular formula is C70H60N2. The summed E-state index contributed by atoms with van der Waals surface area (Å²) in [7, 11) is 0. The fraction of sp³-hybridized carbons (Fsp3) is 0.200. The quantitative estimate of drug-likeness (QED) is 0.161. The van der Waals surface area contributed by atoms with Crippen LogP contribution >= 0.6 is 0 Å². The Morgan fingerprint density at radius 3 is 2.14 bits per heavy atom. The number of nitrogens with zero attached hydrogens (tertiary/aromatic N) is 2. The molecule has 0 radical (unpaired) electrons. The van der Waals surface area contributed by atoms with E-state index in [0.717, 1.165) is 19.3 Å². The molecule has 0 fully saturated rings. The molecule has 1 spiro atoms. The lowest BCUT2D eigenvalue weighted by atomic mass is 9.69. The maximum absolute atomic E-state index is 4.36. The first kappa shape index (κ1) is 43.1. The minimum absolute atomic E-state index is 0.0424. The van der Waals surface area contributed by atoms with Gasteiger partial charge in [0.05, 0.1) is 17.0 Å². The van der Waals surface area contributed by atoms with Gasteiger partial charge in [0.2, 0.25) is 0 Å². The first-order valence-corrected chi connectivity index (χ1v) is 26.3. The molecule has 6 aromatic carbocycles. The highest BCUT2D eigenvalue weighted by Crippen LogP contribution is 2.63. The zero-order valence-corrected chi connectivity index (χ0v) is 42.4. The number of para-hydroxylation sites is 1. The molecule has 350 valence electrons. The summed E-state index contributed by atoms with van der Waals surface area (Å²) in [4.78, 5) is 2.69. The van der Waals surface area contributed by atoms with Gasteiger partial charge in [-0.05, 0) is 144 Å². The van der Waals surface area contributed by atoms with Crippen LogP contribution in [0, 0.1) is 5.92 Å². The third kappa shape index (κ3) is 5.67. The monoisotopic (exact) mass is 928 g/mol. The van der Waals surface area contributed by atoms with E-state index in [1.165, 1.54) is 128 Å². The van der Waals surface area contributed by atoms with E-state index in [1.807, 2.05) is 0 Å². The summed E-state index contributed by atoms with van der Waals surface area (Å²) in [5.74, 6) is 0.403. The van der Waals surface area contributed by atoms with Gasteiger partial charge in [-0.15, -0.1) is 0 Å². The molecule has 2 atom stereocenters. The maximum atomic E-state index is 4.36. The van der Waals surface area contributed by atoms with Gasteiger partial charge in [-0.2, -0.15) is 0 Å². The Kier molecular flexibility index (Phi) is 9.23. The number of fused-ring (bicyclic) bond motifs is 16. The van der Waals surface area contributed by atoms with E-state index < -0.39 is 5.41 Å². The maximum Gasteiger partial charge on any atom is 0.0725 e. The minimum atomic E-state index is -0.421. The normalized spacial score (nSPS) is 21.0. The van der Waals surface area contributed by atoms with Gasteiger partial charge in [0.25, 0.3) is 0 Å². The van der Waals surface area contributed by atoms with Crippen LogP contribution in [0.2, 0.25) is 0 Å². The van der Waals surface area contributed by atoms with Gasteiger partial charge < -0.3 is 9.47 Å². The molecule has 0 amide bonds. The summed E-state index contributed by atoms with van der Waals surface area (Å²) in [6, 6.07) is 51.1. The molecule has 14 rings (SSSR count). The number of rotatable bonds is 6. The van der Waals surface area contributed by atoms with Crippen molar-refractivity contribution in [2.24, 2.45) is 5.92 Å². The number of benzene rings is 6. The molecule has 1 aromatic heterocycles. The van der Waals surface area contributed by atoms with Gasteiger partial charge in [-0.1, -0.05) is 200 Å². The van der Waals surface area contributed by atoms with E-state index in [1.54, 1.807) is 0 Å². The van der Waals surface area contributed by atoms with Gasteiger partial charge in [0.15, 0.2) is 0 Å². The van der Waals surface area contributed by atoms with Crippen LogP contribution in [-0.2, 0) is 22.7 Å². The van der Waals surface area contributed by atoms with Gasteiger partial charge in [-0.25, -0.2) is 0 Å². The largest absolute Gasteiger partial charge is 0.337 e. The Bertz CT molecular complexity index is 3820.